The molecule has 0 aliphatic rings. The number of likely N-dealkylation sites (N-methyl/N-ethyl adjacent to an activating group) is 1. The normalized spacial score (nSPS) is 14.3. The van der Waals surface area contributed by atoms with Crippen molar-refractivity contribution < 1.29 is 37.3 Å². The number of phosphoric ester groups is 1. The average Bonchev–Trinajstić information content (AvgIpc) is 3.25. The van der Waals surface area contributed by atoms with Crippen molar-refractivity contribution >= 4 is 19.7 Å². The zero-order valence-electron chi connectivity index (χ0n) is 42.5. The van der Waals surface area contributed by atoms with Gasteiger partial charge < -0.3 is 19.4 Å². The van der Waals surface area contributed by atoms with E-state index in [4.69, 9.17) is 13.8 Å². The van der Waals surface area contributed by atoms with Crippen molar-refractivity contribution in [3.63, 3.8) is 0 Å². The number of carbonyl (C=O) groups excluding carboxylic acids is 2. The number of unbranched alkanes of at least 4 members (excludes halogenated alkanes) is 27. The Kier molecular flexibility index (Phi) is 43.4. The van der Waals surface area contributed by atoms with Crippen LogP contribution in [-0.2, 0) is 27.9 Å². The maximum atomic E-state index is 13.4. The van der Waals surface area contributed by atoms with Crippen LogP contribution in [0.25, 0.3) is 0 Å². The Morgan fingerprint density at radius 1 is 0.562 bits per heavy atom. The third-order valence-corrected chi connectivity index (χ3v) is 12.6. The zero-order chi connectivity index (χ0) is 47.3. The summed E-state index contributed by atoms with van der Waals surface area (Å²) in [7, 11) is 1.48. The summed E-state index contributed by atoms with van der Waals surface area (Å²) in [5.74, 6) is -0.527. The molecule has 0 aromatic heterocycles. The molecule has 10 heteroatoms. The summed E-state index contributed by atoms with van der Waals surface area (Å²) >= 11 is 0. The number of nitrogens with zero attached hydrogens (tertiary/aromatic N) is 1. The molecule has 0 aliphatic heterocycles. The van der Waals surface area contributed by atoms with Gasteiger partial charge in [0.1, 0.15) is 19.3 Å². The first kappa shape index (κ1) is 62.0. The van der Waals surface area contributed by atoms with E-state index in [9.17, 15) is 19.0 Å². The zero-order valence-corrected chi connectivity index (χ0v) is 43.4. The summed E-state index contributed by atoms with van der Waals surface area (Å²) in [5, 5.41) is 3.03. The summed E-state index contributed by atoms with van der Waals surface area (Å²) < 4.78 is 30.5. The minimum absolute atomic E-state index is 0.0372. The van der Waals surface area contributed by atoms with Gasteiger partial charge in [0.15, 0.2) is 0 Å². The standard InChI is InChI=1S/C54H101N2O7P/c1-7-10-13-16-19-22-25-28-31-34-37-40-43-46-53(57)55-51(50-62-64(59,60)61-49-48-56(4,5)6)52(45-42-39-36-33-30-27-24-21-18-15-12-9-3)63-54(58)47-44-41-38-35-32-29-26-23-20-17-14-11-8-2/h11,14,17,20,23,26,42,45,51-52H,7-10,12-13,15-16,18-19,21-22,24-25,27-41,43-44,46-50H2,1-6H3,(H-,55,57,59,60)/p+1/b14-11+,20-17+,26-23-,45-42+. The molecular formula is C54H102N2O7P+. The number of nitrogens with one attached hydrogen (secondary N) is 1. The molecule has 0 radical (unpaired) electrons. The molecule has 0 aromatic rings. The van der Waals surface area contributed by atoms with E-state index in [2.05, 4.69) is 62.5 Å². The Morgan fingerprint density at radius 2 is 1.00 bits per heavy atom. The van der Waals surface area contributed by atoms with Crippen LogP contribution in [-0.4, -0.2) is 74.3 Å². The van der Waals surface area contributed by atoms with E-state index < -0.39 is 20.0 Å². The highest BCUT2D eigenvalue weighted by molar-refractivity contribution is 7.47. The molecule has 2 N–H and O–H groups in total. The van der Waals surface area contributed by atoms with Gasteiger partial charge in [-0.05, 0) is 51.0 Å². The molecule has 0 bridgehead atoms. The maximum Gasteiger partial charge on any atom is 0.472 e. The van der Waals surface area contributed by atoms with Gasteiger partial charge in [-0.2, -0.15) is 0 Å². The van der Waals surface area contributed by atoms with Crippen molar-refractivity contribution in [3.8, 4) is 0 Å². The van der Waals surface area contributed by atoms with E-state index in [0.717, 1.165) is 83.5 Å². The molecular weight excluding hydrogens is 820 g/mol. The quantitative estimate of drug-likeness (QED) is 0.0156. The Balaban J connectivity index is 5.45. The van der Waals surface area contributed by atoms with Crippen molar-refractivity contribution in [1.82, 2.24) is 5.32 Å². The summed E-state index contributed by atoms with van der Waals surface area (Å²) in [6.45, 7) is 6.85. The summed E-state index contributed by atoms with van der Waals surface area (Å²) in [6, 6.07) is -0.851. The fraction of sp³-hybridized carbons (Fsp3) is 0.815. The molecule has 374 valence electrons. The van der Waals surface area contributed by atoms with Gasteiger partial charge in [-0.3, -0.25) is 18.6 Å². The third-order valence-electron chi connectivity index (χ3n) is 11.6. The first-order valence-electron chi connectivity index (χ1n) is 26.5. The Bertz CT molecular complexity index is 1240. The van der Waals surface area contributed by atoms with E-state index in [1.807, 2.05) is 33.3 Å². The van der Waals surface area contributed by atoms with Crippen LogP contribution in [0.1, 0.15) is 233 Å². The number of esters is 1. The average molecular weight is 922 g/mol. The number of carbonyl (C=O) groups is 2. The lowest BCUT2D eigenvalue weighted by Gasteiger charge is -2.27. The number of amides is 1. The third kappa shape index (κ3) is 45.1. The second kappa shape index (κ2) is 44.8. The maximum absolute atomic E-state index is 13.4. The number of hydrogen-bond acceptors (Lipinski definition) is 6. The van der Waals surface area contributed by atoms with Crippen molar-refractivity contribution in [2.24, 2.45) is 0 Å². The highest BCUT2D eigenvalue weighted by atomic mass is 31.2. The summed E-state index contributed by atoms with van der Waals surface area (Å²) in [4.78, 5) is 37.4. The van der Waals surface area contributed by atoms with Crippen molar-refractivity contribution in [1.29, 1.82) is 0 Å². The van der Waals surface area contributed by atoms with E-state index in [-0.39, 0.29) is 31.5 Å². The van der Waals surface area contributed by atoms with Crippen LogP contribution >= 0.6 is 7.82 Å². The lowest BCUT2D eigenvalue weighted by Crippen LogP contribution is -2.47. The van der Waals surface area contributed by atoms with Gasteiger partial charge in [0.05, 0.1) is 33.8 Å². The van der Waals surface area contributed by atoms with Gasteiger partial charge in [-0.15, -0.1) is 0 Å². The molecule has 0 saturated heterocycles. The lowest BCUT2D eigenvalue weighted by molar-refractivity contribution is -0.870. The van der Waals surface area contributed by atoms with Gasteiger partial charge >= 0.3 is 13.8 Å². The number of ether oxygens (including phenoxy) is 1. The van der Waals surface area contributed by atoms with E-state index in [1.165, 1.54) is 116 Å². The smallest absolute Gasteiger partial charge is 0.456 e. The molecule has 0 aliphatic carbocycles. The molecule has 64 heavy (non-hydrogen) atoms. The molecule has 9 nitrogen and oxygen atoms in total. The predicted octanol–water partition coefficient (Wildman–Crippen LogP) is 15.4. The van der Waals surface area contributed by atoms with Crippen LogP contribution in [0.3, 0.4) is 0 Å². The molecule has 3 atom stereocenters. The fourth-order valence-electron chi connectivity index (χ4n) is 7.47. The van der Waals surface area contributed by atoms with Gasteiger partial charge in [0.2, 0.25) is 5.91 Å². The van der Waals surface area contributed by atoms with Gasteiger partial charge in [0, 0.05) is 12.8 Å². The number of hydrogen-bond donors (Lipinski definition) is 2. The first-order valence-corrected chi connectivity index (χ1v) is 28.0. The van der Waals surface area contributed by atoms with Crippen LogP contribution in [0.2, 0.25) is 0 Å². The molecule has 1 amide bonds. The number of allylic oxidation sites excluding steroid dienone is 7. The monoisotopic (exact) mass is 922 g/mol. The lowest BCUT2D eigenvalue weighted by atomic mass is 10.0. The Morgan fingerprint density at radius 3 is 1.48 bits per heavy atom. The Hall–Kier alpha value is -2.03. The highest BCUT2D eigenvalue weighted by Crippen LogP contribution is 2.43. The summed E-state index contributed by atoms with van der Waals surface area (Å²) in [5.41, 5.74) is 0. The van der Waals surface area contributed by atoms with E-state index >= 15 is 0 Å². The van der Waals surface area contributed by atoms with E-state index in [0.29, 0.717) is 17.4 Å². The molecule has 0 spiro atoms. The van der Waals surface area contributed by atoms with Crippen LogP contribution in [0, 0.1) is 0 Å². The SMILES string of the molecule is CC/C=C/C=C/C=C\CCCCCCCC(=O)OC(/C=C/CCCCCCCCCCCC)C(COP(=O)(O)OCC[N+](C)(C)C)NC(=O)CCCCCCCCCCCCCCC. The van der Waals surface area contributed by atoms with Crippen molar-refractivity contribution in [2.75, 3.05) is 40.9 Å². The Labute approximate surface area is 395 Å². The number of quaternary nitrogens is 1. The van der Waals surface area contributed by atoms with Crippen LogP contribution in [0.5, 0.6) is 0 Å². The molecule has 0 saturated carbocycles. The summed E-state index contributed by atoms with van der Waals surface area (Å²) in [6.07, 6.45) is 52.4. The molecule has 3 unspecified atom stereocenters. The van der Waals surface area contributed by atoms with Crippen LogP contribution in [0.4, 0.5) is 0 Å². The van der Waals surface area contributed by atoms with E-state index in [1.54, 1.807) is 0 Å². The van der Waals surface area contributed by atoms with Gasteiger partial charge in [0.25, 0.3) is 0 Å². The minimum Gasteiger partial charge on any atom is -0.456 e. The molecule has 0 fully saturated rings. The molecule has 0 rings (SSSR count). The van der Waals surface area contributed by atoms with Gasteiger partial charge in [-0.1, -0.05) is 217 Å². The topological polar surface area (TPSA) is 111 Å². The van der Waals surface area contributed by atoms with Crippen LogP contribution < -0.4 is 5.32 Å². The van der Waals surface area contributed by atoms with Gasteiger partial charge in [-0.25, -0.2) is 4.57 Å². The fourth-order valence-corrected chi connectivity index (χ4v) is 8.20. The second-order valence-electron chi connectivity index (χ2n) is 19.1. The van der Waals surface area contributed by atoms with Crippen molar-refractivity contribution in [3.05, 3.63) is 48.6 Å². The molecule has 0 aromatic carbocycles. The second-order valence-corrected chi connectivity index (χ2v) is 20.5. The highest BCUT2D eigenvalue weighted by Gasteiger charge is 2.30. The minimum atomic E-state index is -4.44. The largest absolute Gasteiger partial charge is 0.472 e. The number of rotatable bonds is 47. The number of phosphoric acid groups is 1. The first-order chi connectivity index (χ1) is 30.9. The molecule has 0 heterocycles. The predicted molar refractivity (Wildman–Crippen MR) is 272 cm³/mol. The van der Waals surface area contributed by atoms with Crippen LogP contribution in [0.15, 0.2) is 48.6 Å². The van der Waals surface area contributed by atoms with Crippen molar-refractivity contribution in [2.45, 2.75) is 245 Å².